The lowest BCUT2D eigenvalue weighted by Gasteiger charge is -2.22. The van der Waals surface area contributed by atoms with E-state index in [2.05, 4.69) is 0 Å². The molecule has 54 heavy (non-hydrogen) atoms. The first-order chi connectivity index (χ1) is 26.1. The Labute approximate surface area is 313 Å². The average Bonchev–Trinajstić information content (AvgIpc) is 3.45. The average molecular weight is 755 g/mol. The normalized spacial score (nSPS) is 12.9. The van der Waals surface area contributed by atoms with Gasteiger partial charge in [-0.05, 0) is 70.0 Å². The molecule has 12 nitrogen and oxygen atoms in total. The monoisotopic (exact) mass is 754 g/mol. The molecule has 4 aromatic rings. The van der Waals surface area contributed by atoms with E-state index in [1.807, 2.05) is 0 Å². The molecule has 0 spiro atoms. The molecule has 0 fully saturated rings. The van der Waals surface area contributed by atoms with Crippen molar-refractivity contribution in [3.8, 4) is 5.75 Å². The van der Waals surface area contributed by atoms with Crippen molar-refractivity contribution >= 4 is 34.8 Å². The summed E-state index contributed by atoms with van der Waals surface area (Å²) in [5, 5.41) is 0.161. The highest BCUT2D eigenvalue weighted by molar-refractivity contribution is 5.95. The summed E-state index contributed by atoms with van der Waals surface area (Å²) in [4.78, 5) is 68.1. The second-order valence-electron chi connectivity index (χ2n) is 13.6. The minimum Gasteiger partial charge on any atom is -0.486 e. The zero-order valence-corrected chi connectivity index (χ0v) is 30.9. The van der Waals surface area contributed by atoms with Crippen LogP contribution in [0.15, 0.2) is 71.7 Å². The van der Waals surface area contributed by atoms with Crippen LogP contribution in [0.4, 0.5) is 22.8 Å². The largest absolute Gasteiger partial charge is 0.486 e. The first-order valence-electron chi connectivity index (χ1n) is 17.7. The van der Waals surface area contributed by atoms with Crippen LogP contribution in [0.1, 0.15) is 53.1 Å². The molecule has 2 aromatic heterocycles. The number of likely N-dealkylation sites (N-methyl/N-ethyl adjacent to an activating group) is 1. The lowest BCUT2D eigenvalue weighted by Crippen LogP contribution is -2.35. The van der Waals surface area contributed by atoms with Gasteiger partial charge in [-0.15, -0.1) is 0 Å². The highest BCUT2D eigenvalue weighted by Gasteiger charge is 2.27. The second kappa shape index (κ2) is 17.3. The number of nitrogens with zero attached hydrogens (tertiary/aromatic N) is 4. The van der Waals surface area contributed by atoms with E-state index in [9.17, 15) is 37.1 Å². The summed E-state index contributed by atoms with van der Waals surface area (Å²) in [5.41, 5.74) is -1.71. The number of hydrogen-bond acceptors (Lipinski definition) is 8. The van der Waals surface area contributed by atoms with Crippen LogP contribution in [0, 0.1) is 17.5 Å². The standard InChI is InChI=1S/C39H43F3N4O8/c1-39(2,3)54-38(51)46-29(18-26-17-28(41)21-33(35(26)46)52-23-25-14-15-27(40)20-30(25)42)22-45-16-10-11-24(36(45)49)19-31(47)32(53-37(50)44(6)7)12-8-9-13-34(48)43(4)5/h9-11,13-18,20-21,32H,8,12,19,22-23H2,1-7H3/b13-9+/i12D2. The van der Waals surface area contributed by atoms with E-state index >= 15 is 0 Å². The number of Topliss-reactive ketones (excluding diaryl/α,β-unsaturated/α-hetero) is 1. The first-order valence-corrected chi connectivity index (χ1v) is 16.7. The van der Waals surface area contributed by atoms with Crippen molar-refractivity contribution in [1.29, 1.82) is 0 Å². The number of pyridine rings is 1. The third-order valence-electron chi connectivity index (χ3n) is 7.67. The van der Waals surface area contributed by atoms with Gasteiger partial charge in [0.1, 0.15) is 40.9 Å². The highest BCUT2D eigenvalue weighted by Crippen LogP contribution is 2.33. The number of rotatable bonds is 13. The van der Waals surface area contributed by atoms with E-state index < -0.39 is 84.4 Å². The Morgan fingerprint density at radius 3 is 2.31 bits per heavy atom. The maximum atomic E-state index is 14.9. The lowest BCUT2D eigenvalue weighted by molar-refractivity contribution is -0.127. The number of carbonyl (C=O) groups is 4. The van der Waals surface area contributed by atoms with Crippen LogP contribution in [-0.2, 0) is 38.6 Å². The first kappa shape index (κ1) is 37.9. The maximum Gasteiger partial charge on any atom is 0.419 e. The third-order valence-corrected chi connectivity index (χ3v) is 7.67. The van der Waals surface area contributed by atoms with Gasteiger partial charge in [-0.1, -0.05) is 12.1 Å². The van der Waals surface area contributed by atoms with Crippen molar-refractivity contribution in [3.05, 3.63) is 112 Å². The molecule has 0 aliphatic rings. The van der Waals surface area contributed by atoms with Crippen molar-refractivity contribution in [2.75, 3.05) is 28.2 Å². The topological polar surface area (TPSA) is 129 Å². The van der Waals surface area contributed by atoms with Gasteiger partial charge in [-0.25, -0.2) is 27.3 Å². The fourth-order valence-corrected chi connectivity index (χ4v) is 5.08. The van der Waals surface area contributed by atoms with Crippen LogP contribution >= 0.6 is 0 Å². The Balaban J connectivity index is 1.73. The molecule has 0 radical (unpaired) electrons. The molecule has 0 N–H and O–H groups in total. The number of fused-ring (bicyclic) bond motifs is 1. The zero-order chi connectivity index (χ0) is 41.7. The number of allylic oxidation sites excluding steroid dienone is 1. The van der Waals surface area contributed by atoms with Gasteiger partial charge in [0.05, 0.1) is 12.2 Å². The summed E-state index contributed by atoms with van der Waals surface area (Å²) in [6, 6.07) is 9.19. The van der Waals surface area contributed by atoms with Gasteiger partial charge in [0.15, 0.2) is 11.9 Å². The van der Waals surface area contributed by atoms with E-state index in [1.54, 1.807) is 20.8 Å². The van der Waals surface area contributed by atoms with Gasteiger partial charge >= 0.3 is 12.2 Å². The van der Waals surface area contributed by atoms with Crippen LogP contribution in [0.25, 0.3) is 10.9 Å². The summed E-state index contributed by atoms with van der Waals surface area (Å²) in [5.74, 6) is -4.01. The van der Waals surface area contributed by atoms with Gasteiger partial charge in [0.25, 0.3) is 5.56 Å². The molecule has 2 amide bonds. The summed E-state index contributed by atoms with van der Waals surface area (Å²) in [6.45, 7) is 4.09. The highest BCUT2D eigenvalue weighted by atomic mass is 19.1. The summed E-state index contributed by atoms with van der Waals surface area (Å²) in [6.07, 6.45) is -3.83. The predicted octanol–water partition coefficient (Wildman–Crippen LogP) is 6.23. The molecule has 2 aromatic carbocycles. The Bertz CT molecular complexity index is 2230. The van der Waals surface area contributed by atoms with Gasteiger partial charge in [0.2, 0.25) is 5.91 Å². The molecule has 15 heteroatoms. The fourth-order valence-electron chi connectivity index (χ4n) is 5.08. The summed E-state index contributed by atoms with van der Waals surface area (Å²) < 4.78 is 79.0. The number of hydrogen-bond donors (Lipinski definition) is 0. The van der Waals surface area contributed by atoms with Crippen LogP contribution in [0.2, 0.25) is 0 Å². The molecule has 0 aliphatic carbocycles. The van der Waals surface area contributed by atoms with Crippen molar-refractivity contribution in [1.82, 2.24) is 18.9 Å². The Morgan fingerprint density at radius 2 is 1.67 bits per heavy atom. The van der Waals surface area contributed by atoms with Gasteiger partial charge in [-0.3, -0.25) is 14.4 Å². The number of benzene rings is 2. The minimum atomic E-state index is -2.49. The number of ether oxygens (including phenoxy) is 3. The molecule has 0 aliphatic heterocycles. The number of amides is 2. The number of ketones is 1. The molecule has 0 bridgehead atoms. The maximum absolute atomic E-state index is 14.9. The van der Waals surface area contributed by atoms with E-state index in [0.29, 0.717) is 6.07 Å². The molecule has 288 valence electrons. The van der Waals surface area contributed by atoms with E-state index in [4.69, 9.17) is 17.0 Å². The molecular weight excluding hydrogens is 709 g/mol. The van der Waals surface area contributed by atoms with E-state index in [0.717, 1.165) is 44.4 Å². The molecule has 1 atom stereocenters. The Kier molecular flexibility index (Phi) is 12.1. The second-order valence-corrected chi connectivity index (χ2v) is 13.6. The van der Waals surface area contributed by atoms with Crippen molar-refractivity contribution < 1.29 is 49.3 Å². The van der Waals surface area contributed by atoms with Crippen LogP contribution in [0.3, 0.4) is 0 Å². The van der Waals surface area contributed by atoms with Crippen LogP contribution in [0.5, 0.6) is 5.75 Å². The van der Waals surface area contributed by atoms with Crippen LogP contribution in [-0.4, -0.2) is 82.7 Å². The van der Waals surface area contributed by atoms with Crippen molar-refractivity contribution in [2.24, 2.45) is 0 Å². The Hall–Kier alpha value is -5.86. The molecular formula is C39H43F3N4O8. The van der Waals surface area contributed by atoms with Gasteiger partial charge in [0, 0.05) is 72.2 Å². The molecule has 0 saturated heterocycles. The third kappa shape index (κ3) is 10.6. The number of aromatic nitrogens is 2. The van der Waals surface area contributed by atoms with E-state index in [-0.39, 0.29) is 40.0 Å². The smallest absolute Gasteiger partial charge is 0.419 e. The van der Waals surface area contributed by atoms with Crippen molar-refractivity contribution in [3.63, 3.8) is 0 Å². The summed E-state index contributed by atoms with van der Waals surface area (Å²) in [7, 11) is 5.69. The fraction of sp³-hybridized carbons (Fsp3) is 0.359. The summed E-state index contributed by atoms with van der Waals surface area (Å²) >= 11 is 0. The quantitative estimate of drug-likeness (QED) is 0.147. The predicted molar refractivity (Wildman–Crippen MR) is 194 cm³/mol. The molecule has 1 unspecified atom stereocenters. The van der Waals surface area contributed by atoms with E-state index in [1.165, 1.54) is 63.6 Å². The van der Waals surface area contributed by atoms with Gasteiger partial charge < -0.3 is 28.6 Å². The molecule has 0 saturated carbocycles. The number of carbonyl (C=O) groups excluding carboxylic acids is 4. The molecule has 4 rings (SSSR count). The Morgan fingerprint density at radius 1 is 0.944 bits per heavy atom. The minimum absolute atomic E-state index is 0.0339. The van der Waals surface area contributed by atoms with Gasteiger partial charge in [-0.2, -0.15) is 0 Å². The zero-order valence-electron chi connectivity index (χ0n) is 32.9. The van der Waals surface area contributed by atoms with Crippen LogP contribution < -0.4 is 10.3 Å². The lowest BCUT2D eigenvalue weighted by atomic mass is 10.0. The van der Waals surface area contributed by atoms with Crippen molar-refractivity contribution in [2.45, 2.75) is 64.8 Å². The number of halogens is 3. The SMILES string of the molecule is [2H]C([2H])(C/C=C/C(=O)N(C)C)C(OC(=O)N(C)C)C(=O)Cc1cccn(Cc2cc3cc(F)cc(OCc4ccc(F)cc4F)c3n2C(=O)OC(C)(C)C)c1=O. The molecule has 2 heterocycles.